The molecule has 2 unspecified atom stereocenters. The van der Waals surface area contributed by atoms with Crippen molar-refractivity contribution in [2.45, 2.75) is 25.9 Å². The average Bonchev–Trinajstić information content (AvgIpc) is 2.17. The second kappa shape index (κ2) is 6.03. The second-order valence-corrected chi connectivity index (χ2v) is 6.50. The second-order valence-electron chi connectivity index (χ2n) is 3.68. The van der Waals surface area contributed by atoms with E-state index in [4.69, 9.17) is 20.2 Å². The molecule has 0 N–H and O–H groups in total. The van der Waals surface area contributed by atoms with Gasteiger partial charge in [0.2, 0.25) is 9.05 Å². The van der Waals surface area contributed by atoms with Crippen molar-refractivity contribution in [3.63, 3.8) is 0 Å². The summed E-state index contributed by atoms with van der Waals surface area (Å²) in [4.78, 5) is 0. The molecular formula is C9H17ClO4S. The number of hydrogen-bond acceptors (Lipinski definition) is 4. The standard InChI is InChI=1S/C9H17ClO4S/c1-2-14-9(7-15(10,11)12)8-4-3-5-13-6-8/h8-9H,2-7H2,1H3. The number of hydrogen-bond donors (Lipinski definition) is 0. The highest BCUT2D eigenvalue weighted by atomic mass is 35.7. The van der Waals surface area contributed by atoms with Gasteiger partial charge in [-0.25, -0.2) is 8.42 Å². The molecule has 1 aliphatic rings. The number of rotatable bonds is 5. The van der Waals surface area contributed by atoms with Gasteiger partial charge in [-0.15, -0.1) is 0 Å². The van der Waals surface area contributed by atoms with E-state index in [-0.39, 0.29) is 17.8 Å². The third-order valence-corrected chi connectivity index (χ3v) is 3.57. The zero-order valence-electron chi connectivity index (χ0n) is 8.82. The quantitative estimate of drug-likeness (QED) is 0.698. The molecule has 2 atom stereocenters. The molecule has 0 aliphatic carbocycles. The van der Waals surface area contributed by atoms with E-state index in [1.807, 2.05) is 6.92 Å². The Balaban J connectivity index is 2.55. The zero-order valence-corrected chi connectivity index (χ0v) is 10.4. The summed E-state index contributed by atoms with van der Waals surface area (Å²) in [6.07, 6.45) is 1.56. The van der Waals surface area contributed by atoms with Gasteiger partial charge >= 0.3 is 0 Å². The molecule has 0 aromatic carbocycles. The van der Waals surface area contributed by atoms with Crippen LogP contribution in [0.15, 0.2) is 0 Å². The molecule has 0 spiro atoms. The van der Waals surface area contributed by atoms with Crippen LogP contribution in [0.2, 0.25) is 0 Å². The van der Waals surface area contributed by atoms with E-state index in [9.17, 15) is 8.42 Å². The van der Waals surface area contributed by atoms with Gasteiger partial charge < -0.3 is 9.47 Å². The number of ether oxygens (including phenoxy) is 2. The average molecular weight is 257 g/mol. The van der Waals surface area contributed by atoms with Crippen molar-refractivity contribution in [2.24, 2.45) is 5.92 Å². The molecule has 15 heavy (non-hydrogen) atoms. The molecule has 1 heterocycles. The van der Waals surface area contributed by atoms with Crippen LogP contribution < -0.4 is 0 Å². The first-order valence-corrected chi connectivity index (χ1v) is 7.62. The Kier molecular flexibility index (Phi) is 5.32. The van der Waals surface area contributed by atoms with Crippen molar-refractivity contribution in [1.82, 2.24) is 0 Å². The van der Waals surface area contributed by atoms with E-state index in [0.717, 1.165) is 19.4 Å². The van der Waals surface area contributed by atoms with Crippen LogP contribution in [0, 0.1) is 5.92 Å². The van der Waals surface area contributed by atoms with E-state index >= 15 is 0 Å². The zero-order chi connectivity index (χ0) is 11.3. The van der Waals surface area contributed by atoms with Gasteiger partial charge in [0.15, 0.2) is 0 Å². The summed E-state index contributed by atoms with van der Waals surface area (Å²) in [5, 5.41) is 0. The fourth-order valence-corrected chi connectivity index (χ4v) is 2.92. The van der Waals surface area contributed by atoms with Crippen molar-refractivity contribution in [2.75, 3.05) is 25.6 Å². The summed E-state index contributed by atoms with van der Waals surface area (Å²) in [6.45, 7) is 3.66. The number of halogens is 1. The lowest BCUT2D eigenvalue weighted by molar-refractivity contribution is -0.0330. The van der Waals surface area contributed by atoms with Gasteiger partial charge in [-0.1, -0.05) is 0 Å². The maximum Gasteiger partial charge on any atom is 0.235 e. The molecular weight excluding hydrogens is 240 g/mol. The molecule has 1 rings (SSSR count). The first-order valence-electron chi connectivity index (χ1n) is 5.14. The minimum absolute atomic E-state index is 0.129. The Hall–Kier alpha value is 0.160. The highest BCUT2D eigenvalue weighted by molar-refractivity contribution is 8.13. The largest absolute Gasteiger partial charge is 0.381 e. The molecule has 90 valence electrons. The Labute approximate surface area is 95.3 Å². The summed E-state index contributed by atoms with van der Waals surface area (Å²) in [6, 6.07) is 0. The van der Waals surface area contributed by atoms with E-state index < -0.39 is 9.05 Å². The van der Waals surface area contributed by atoms with Crippen molar-refractivity contribution in [1.29, 1.82) is 0 Å². The van der Waals surface area contributed by atoms with Crippen molar-refractivity contribution in [3.8, 4) is 0 Å². The van der Waals surface area contributed by atoms with Gasteiger partial charge in [0.05, 0.1) is 18.5 Å². The molecule has 0 aromatic rings. The highest BCUT2D eigenvalue weighted by Gasteiger charge is 2.28. The van der Waals surface area contributed by atoms with Crippen LogP contribution in [0.1, 0.15) is 19.8 Å². The summed E-state index contributed by atoms with van der Waals surface area (Å²) in [7, 11) is 1.73. The third kappa shape index (κ3) is 5.15. The van der Waals surface area contributed by atoms with E-state index in [1.165, 1.54) is 0 Å². The lowest BCUT2D eigenvalue weighted by Gasteiger charge is -2.29. The fourth-order valence-electron chi connectivity index (χ4n) is 1.79. The Morgan fingerprint density at radius 1 is 1.60 bits per heavy atom. The maximum atomic E-state index is 11.0. The topological polar surface area (TPSA) is 52.6 Å². The Bertz CT molecular complexity index is 272. The molecule has 0 amide bonds. The smallest absolute Gasteiger partial charge is 0.235 e. The molecule has 1 saturated heterocycles. The van der Waals surface area contributed by atoms with Crippen LogP contribution >= 0.6 is 10.7 Å². The Morgan fingerprint density at radius 2 is 2.33 bits per heavy atom. The van der Waals surface area contributed by atoms with Crippen LogP contribution in [0.25, 0.3) is 0 Å². The molecule has 0 aromatic heterocycles. The molecule has 0 saturated carbocycles. The summed E-state index contributed by atoms with van der Waals surface area (Å²) < 4.78 is 32.7. The molecule has 4 nitrogen and oxygen atoms in total. The van der Waals surface area contributed by atoms with Crippen LogP contribution in [0.5, 0.6) is 0 Å². The first kappa shape index (κ1) is 13.2. The lowest BCUT2D eigenvalue weighted by atomic mass is 9.97. The van der Waals surface area contributed by atoms with Gasteiger partial charge in [0.25, 0.3) is 0 Å². The summed E-state index contributed by atoms with van der Waals surface area (Å²) in [5.41, 5.74) is 0. The molecule has 1 aliphatic heterocycles. The maximum absolute atomic E-state index is 11.0. The van der Waals surface area contributed by atoms with E-state index in [2.05, 4.69) is 0 Å². The molecule has 0 bridgehead atoms. The minimum atomic E-state index is -3.50. The monoisotopic (exact) mass is 256 g/mol. The van der Waals surface area contributed by atoms with Crippen LogP contribution in [0.3, 0.4) is 0 Å². The molecule has 0 radical (unpaired) electrons. The first-order chi connectivity index (χ1) is 7.03. The van der Waals surface area contributed by atoms with Crippen molar-refractivity contribution in [3.05, 3.63) is 0 Å². The Morgan fingerprint density at radius 3 is 2.80 bits per heavy atom. The van der Waals surface area contributed by atoms with Gasteiger partial charge in [0, 0.05) is 29.8 Å². The lowest BCUT2D eigenvalue weighted by Crippen LogP contribution is -2.35. The third-order valence-electron chi connectivity index (χ3n) is 2.47. The van der Waals surface area contributed by atoms with Crippen molar-refractivity contribution < 1.29 is 17.9 Å². The SMILES string of the molecule is CCOC(CS(=O)(=O)Cl)C1CCCOC1. The van der Waals surface area contributed by atoms with Gasteiger partial charge in [-0.3, -0.25) is 0 Å². The van der Waals surface area contributed by atoms with Crippen LogP contribution in [-0.2, 0) is 18.5 Å². The summed E-state index contributed by atoms with van der Waals surface area (Å²) >= 11 is 0. The van der Waals surface area contributed by atoms with Crippen LogP contribution in [-0.4, -0.2) is 40.1 Å². The molecule has 1 fully saturated rings. The van der Waals surface area contributed by atoms with Crippen molar-refractivity contribution >= 4 is 19.7 Å². The van der Waals surface area contributed by atoms with E-state index in [1.54, 1.807) is 0 Å². The van der Waals surface area contributed by atoms with Crippen LogP contribution in [0.4, 0.5) is 0 Å². The predicted octanol–water partition coefficient (Wildman–Crippen LogP) is 1.39. The normalized spacial score (nSPS) is 25.1. The van der Waals surface area contributed by atoms with Gasteiger partial charge in [-0.05, 0) is 19.8 Å². The predicted molar refractivity (Wildman–Crippen MR) is 58.6 cm³/mol. The fraction of sp³-hybridized carbons (Fsp3) is 1.00. The van der Waals surface area contributed by atoms with Gasteiger partial charge in [-0.2, -0.15) is 0 Å². The van der Waals surface area contributed by atoms with Gasteiger partial charge in [0.1, 0.15) is 0 Å². The molecule has 6 heteroatoms. The highest BCUT2D eigenvalue weighted by Crippen LogP contribution is 2.21. The van der Waals surface area contributed by atoms with E-state index in [0.29, 0.717) is 13.2 Å². The summed E-state index contributed by atoms with van der Waals surface area (Å²) in [5.74, 6) is 0.0170. The minimum Gasteiger partial charge on any atom is -0.381 e.